The van der Waals surface area contributed by atoms with Gasteiger partial charge in [-0.2, -0.15) is 0 Å². The van der Waals surface area contributed by atoms with Crippen molar-refractivity contribution in [1.82, 2.24) is 0 Å². The van der Waals surface area contributed by atoms with Gasteiger partial charge in [0.05, 0.1) is 0 Å². The maximum absolute atomic E-state index is 10.6. The fraction of sp³-hybridized carbons (Fsp3) is 0.917. The number of ether oxygens (including phenoxy) is 2. The summed E-state index contributed by atoms with van der Waals surface area (Å²) in [6, 6.07) is 0. The number of rotatable bonds is 3. The third kappa shape index (κ3) is 1.72. The second kappa shape index (κ2) is 3.87. The minimum absolute atomic E-state index is 0.0683. The number of aldehydes is 1. The molecule has 0 N–H and O–H groups in total. The van der Waals surface area contributed by atoms with E-state index in [4.69, 9.17) is 9.47 Å². The highest BCUT2D eigenvalue weighted by molar-refractivity contribution is 5.50. The van der Waals surface area contributed by atoms with Gasteiger partial charge in [0, 0.05) is 18.8 Å². The molecule has 2 atom stereocenters. The van der Waals surface area contributed by atoms with Crippen molar-refractivity contribution in [1.29, 1.82) is 0 Å². The third-order valence-electron chi connectivity index (χ3n) is 3.73. The molecule has 1 saturated carbocycles. The molecule has 2 rings (SSSR count). The molecular weight excluding hydrogens is 192 g/mol. The van der Waals surface area contributed by atoms with Crippen LogP contribution in [0.25, 0.3) is 0 Å². The van der Waals surface area contributed by atoms with Crippen LogP contribution in [0.3, 0.4) is 0 Å². The zero-order valence-corrected chi connectivity index (χ0v) is 9.73. The van der Waals surface area contributed by atoms with E-state index in [1.54, 1.807) is 0 Å². The zero-order valence-electron chi connectivity index (χ0n) is 9.73. The maximum atomic E-state index is 10.6. The van der Waals surface area contributed by atoms with Crippen LogP contribution in [0.2, 0.25) is 0 Å². The molecule has 1 aliphatic carbocycles. The van der Waals surface area contributed by atoms with Crippen molar-refractivity contribution in [2.75, 3.05) is 0 Å². The van der Waals surface area contributed by atoms with Gasteiger partial charge in [0.2, 0.25) is 0 Å². The van der Waals surface area contributed by atoms with Gasteiger partial charge in [0.25, 0.3) is 0 Å². The molecule has 0 aromatic heterocycles. The molecule has 15 heavy (non-hydrogen) atoms. The molecule has 0 amide bonds. The van der Waals surface area contributed by atoms with E-state index < -0.39 is 0 Å². The van der Waals surface area contributed by atoms with Gasteiger partial charge in [-0.25, -0.2) is 0 Å². The van der Waals surface area contributed by atoms with Crippen molar-refractivity contribution in [3.8, 4) is 0 Å². The average molecular weight is 212 g/mol. The molecule has 0 radical (unpaired) electrons. The Hall–Kier alpha value is -0.410. The normalized spacial score (nSPS) is 44.7. The number of hydrogen-bond acceptors (Lipinski definition) is 3. The molecule has 1 heterocycles. The second-order valence-electron chi connectivity index (χ2n) is 5.09. The minimum atomic E-state index is -0.360. The molecule has 3 heteroatoms. The van der Waals surface area contributed by atoms with Crippen LogP contribution in [0.5, 0.6) is 0 Å². The molecule has 0 aromatic carbocycles. The Morgan fingerprint density at radius 1 is 1.47 bits per heavy atom. The number of carbonyl (C=O) groups is 1. The summed E-state index contributed by atoms with van der Waals surface area (Å²) in [5.74, 6) is 0.959. The molecule has 2 aliphatic rings. The third-order valence-corrected chi connectivity index (χ3v) is 3.73. The van der Waals surface area contributed by atoms with Crippen molar-refractivity contribution < 1.29 is 14.3 Å². The van der Waals surface area contributed by atoms with Gasteiger partial charge in [-0.3, -0.25) is 0 Å². The van der Waals surface area contributed by atoms with Crippen molar-refractivity contribution >= 4 is 6.29 Å². The summed E-state index contributed by atoms with van der Waals surface area (Å²) in [6.07, 6.45) is 3.60. The van der Waals surface area contributed by atoms with Crippen molar-refractivity contribution in [2.45, 2.75) is 52.1 Å². The fourth-order valence-corrected chi connectivity index (χ4v) is 3.38. The first-order valence-corrected chi connectivity index (χ1v) is 5.88. The van der Waals surface area contributed by atoms with E-state index in [1.807, 2.05) is 6.92 Å². The average Bonchev–Trinajstić information content (AvgIpc) is 2.44. The van der Waals surface area contributed by atoms with Crippen LogP contribution in [0.15, 0.2) is 0 Å². The Bertz CT molecular complexity index is 243. The standard InChI is InChI=1S/C12H20O3/c1-8(2)11-10(5-7-13)4-6-12(11)14-9(3)15-12/h7-11H,4-6H2,1-3H3. The Labute approximate surface area is 91.1 Å². The molecule has 0 bridgehead atoms. The minimum Gasteiger partial charge on any atom is -0.321 e. The van der Waals surface area contributed by atoms with Gasteiger partial charge in [-0.1, -0.05) is 13.8 Å². The molecule has 1 aliphatic heterocycles. The largest absolute Gasteiger partial charge is 0.321 e. The topological polar surface area (TPSA) is 35.5 Å². The van der Waals surface area contributed by atoms with E-state index in [0.717, 1.165) is 19.1 Å². The van der Waals surface area contributed by atoms with Crippen LogP contribution in [0.1, 0.15) is 40.0 Å². The highest BCUT2D eigenvalue weighted by Gasteiger charge is 2.58. The predicted octanol–water partition coefficient (Wildman–Crippen LogP) is 2.35. The van der Waals surface area contributed by atoms with Crippen molar-refractivity contribution in [3.63, 3.8) is 0 Å². The van der Waals surface area contributed by atoms with Gasteiger partial charge in [-0.15, -0.1) is 0 Å². The summed E-state index contributed by atoms with van der Waals surface area (Å²) in [5, 5.41) is 0. The van der Waals surface area contributed by atoms with Crippen LogP contribution >= 0.6 is 0 Å². The van der Waals surface area contributed by atoms with Crippen LogP contribution in [-0.4, -0.2) is 18.4 Å². The molecular formula is C12H20O3. The van der Waals surface area contributed by atoms with Gasteiger partial charge in [-0.05, 0) is 25.2 Å². The molecule has 1 spiro atoms. The number of hydrogen-bond donors (Lipinski definition) is 0. The van der Waals surface area contributed by atoms with Gasteiger partial charge < -0.3 is 14.3 Å². The van der Waals surface area contributed by atoms with Crippen LogP contribution in [0.4, 0.5) is 0 Å². The monoisotopic (exact) mass is 212 g/mol. The molecule has 3 nitrogen and oxygen atoms in total. The summed E-state index contributed by atoms with van der Waals surface area (Å²) in [4.78, 5) is 10.6. The molecule has 2 unspecified atom stereocenters. The molecule has 2 fully saturated rings. The van der Waals surface area contributed by atoms with Crippen LogP contribution in [0, 0.1) is 17.8 Å². The lowest BCUT2D eigenvalue weighted by molar-refractivity contribution is -0.461. The van der Waals surface area contributed by atoms with E-state index in [-0.39, 0.29) is 12.1 Å². The zero-order chi connectivity index (χ0) is 11.1. The Kier molecular flexibility index (Phi) is 2.86. The Morgan fingerprint density at radius 3 is 2.60 bits per heavy atom. The molecule has 86 valence electrons. The molecule has 1 saturated heterocycles. The highest BCUT2D eigenvalue weighted by Crippen LogP contribution is 2.53. The van der Waals surface area contributed by atoms with E-state index >= 15 is 0 Å². The van der Waals surface area contributed by atoms with E-state index in [2.05, 4.69) is 13.8 Å². The smallest absolute Gasteiger partial charge is 0.177 e. The summed E-state index contributed by atoms with van der Waals surface area (Å²) < 4.78 is 11.6. The summed E-state index contributed by atoms with van der Waals surface area (Å²) in [7, 11) is 0. The first-order valence-electron chi connectivity index (χ1n) is 5.88. The summed E-state index contributed by atoms with van der Waals surface area (Å²) in [5.41, 5.74) is 0. The lowest BCUT2D eigenvalue weighted by Crippen LogP contribution is -2.56. The molecule has 0 aromatic rings. The number of carbonyl (C=O) groups excluding carboxylic acids is 1. The van der Waals surface area contributed by atoms with E-state index in [9.17, 15) is 4.79 Å². The van der Waals surface area contributed by atoms with Crippen LogP contribution < -0.4 is 0 Å². The SMILES string of the molecule is CC1OC2(CCC(CC=O)C2C(C)C)O1. The van der Waals surface area contributed by atoms with Crippen LogP contribution in [-0.2, 0) is 14.3 Å². The fourth-order valence-electron chi connectivity index (χ4n) is 3.38. The first kappa shape index (κ1) is 11.1. The summed E-state index contributed by atoms with van der Waals surface area (Å²) in [6.45, 7) is 6.30. The quantitative estimate of drug-likeness (QED) is 0.674. The van der Waals surface area contributed by atoms with Gasteiger partial charge in [0.15, 0.2) is 12.1 Å². The lowest BCUT2D eigenvalue weighted by Gasteiger charge is -2.49. The Balaban J connectivity index is 2.10. The highest BCUT2D eigenvalue weighted by atomic mass is 16.9. The lowest BCUT2D eigenvalue weighted by atomic mass is 9.81. The van der Waals surface area contributed by atoms with Gasteiger partial charge in [0.1, 0.15) is 6.29 Å². The van der Waals surface area contributed by atoms with E-state index in [1.165, 1.54) is 0 Å². The van der Waals surface area contributed by atoms with Crippen molar-refractivity contribution in [2.24, 2.45) is 17.8 Å². The van der Waals surface area contributed by atoms with Gasteiger partial charge >= 0.3 is 0 Å². The predicted molar refractivity (Wildman–Crippen MR) is 56.1 cm³/mol. The first-order chi connectivity index (χ1) is 7.09. The van der Waals surface area contributed by atoms with E-state index in [0.29, 0.717) is 24.2 Å². The summed E-state index contributed by atoms with van der Waals surface area (Å²) >= 11 is 0. The van der Waals surface area contributed by atoms with Crippen molar-refractivity contribution in [3.05, 3.63) is 0 Å². The maximum Gasteiger partial charge on any atom is 0.177 e. The Morgan fingerprint density at radius 2 is 2.13 bits per heavy atom. The second-order valence-corrected chi connectivity index (χ2v) is 5.09.